The van der Waals surface area contributed by atoms with Gasteiger partial charge in [-0.25, -0.2) is 0 Å². The number of anilines is 1. The Morgan fingerprint density at radius 2 is 1.42 bits per heavy atom. The van der Waals surface area contributed by atoms with Crippen molar-refractivity contribution in [2.75, 3.05) is 33.3 Å². The van der Waals surface area contributed by atoms with E-state index in [2.05, 4.69) is 15.9 Å². The van der Waals surface area contributed by atoms with Crippen molar-refractivity contribution < 1.29 is 28.5 Å². The van der Waals surface area contributed by atoms with Gasteiger partial charge in [0.1, 0.15) is 17.5 Å². The maximum Gasteiger partial charge on any atom is 0.271 e. The number of nitrogens with zero attached hydrogens (tertiary/aromatic N) is 1. The molecule has 4 rings (SSSR count). The molecule has 1 aliphatic heterocycles. The first-order valence-electron chi connectivity index (χ1n) is 10.2. The van der Waals surface area contributed by atoms with Crippen LogP contribution in [-0.4, -0.2) is 40.5 Å². The van der Waals surface area contributed by atoms with E-state index in [9.17, 15) is 4.79 Å². The summed E-state index contributed by atoms with van der Waals surface area (Å²) >= 11 is 3.55. The molecule has 0 radical (unpaired) electrons. The molecule has 0 aromatic heterocycles. The van der Waals surface area contributed by atoms with Crippen LogP contribution in [0.4, 0.5) is 5.69 Å². The highest BCUT2D eigenvalue weighted by Gasteiger charge is 2.51. The van der Waals surface area contributed by atoms with E-state index < -0.39 is 6.10 Å². The van der Waals surface area contributed by atoms with E-state index >= 15 is 0 Å². The second-order valence-corrected chi connectivity index (χ2v) is 8.14. The number of hydrogen-bond acceptors (Lipinski definition) is 6. The molecular weight excluding hydrogens is 490 g/mol. The van der Waals surface area contributed by atoms with Crippen LogP contribution in [0.5, 0.6) is 28.7 Å². The molecule has 1 fully saturated rings. The second kappa shape index (κ2) is 9.62. The van der Waals surface area contributed by atoms with Gasteiger partial charge in [-0.1, -0.05) is 24.3 Å². The minimum Gasteiger partial charge on any atom is -0.496 e. The summed E-state index contributed by atoms with van der Waals surface area (Å²) in [5, 5.41) is 0. The van der Waals surface area contributed by atoms with E-state index in [-0.39, 0.29) is 11.9 Å². The zero-order valence-corrected chi connectivity index (χ0v) is 20.3. The third-order valence-corrected chi connectivity index (χ3v) is 6.12. The number of carbonyl (C=O) groups is 1. The predicted molar refractivity (Wildman–Crippen MR) is 128 cm³/mol. The molecule has 0 saturated carbocycles. The minimum atomic E-state index is -0.702. The van der Waals surface area contributed by atoms with E-state index in [0.29, 0.717) is 34.4 Å². The molecule has 2 atom stereocenters. The predicted octanol–water partition coefficient (Wildman–Crippen LogP) is 5.02. The SMILES string of the molecule is COc1ccc([C@@H]2[C@H](Oc3ccccc3)C(=O)N2c2cc(OC)c(OC)c(OC)c2)cc1Br. The number of amides is 1. The van der Waals surface area contributed by atoms with Crippen LogP contribution in [0.3, 0.4) is 0 Å². The molecule has 8 heteroatoms. The van der Waals surface area contributed by atoms with E-state index in [0.717, 1.165) is 10.0 Å². The summed E-state index contributed by atoms with van der Waals surface area (Å²) in [5.74, 6) is 2.52. The molecular formula is C25H24BrNO6. The highest BCUT2D eigenvalue weighted by Crippen LogP contribution is 2.47. The van der Waals surface area contributed by atoms with Gasteiger partial charge < -0.3 is 23.7 Å². The van der Waals surface area contributed by atoms with Gasteiger partial charge in [0.15, 0.2) is 11.5 Å². The van der Waals surface area contributed by atoms with Crippen LogP contribution in [0, 0.1) is 0 Å². The van der Waals surface area contributed by atoms with Crippen LogP contribution in [0.1, 0.15) is 11.6 Å². The number of ether oxygens (including phenoxy) is 5. The summed E-state index contributed by atoms with van der Waals surface area (Å²) in [6, 6.07) is 18.1. The van der Waals surface area contributed by atoms with E-state index in [1.807, 2.05) is 48.5 Å². The zero-order chi connectivity index (χ0) is 23.5. The van der Waals surface area contributed by atoms with Crippen molar-refractivity contribution >= 4 is 27.5 Å². The van der Waals surface area contributed by atoms with Crippen molar-refractivity contribution in [3.8, 4) is 28.7 Å². The Bertz CT molecular complexity index is 1130. The van der Waals surface area contributed by atoms with Crippen molar-refractivity contribution in [2.45, 2.75) is 12.1 Å². The van der Waals surface area contributed by atoms with E-state index in [1.165, 1.54) is 7.11 Å². The number of β-lactam (4-membered cyclic amide) rings is 1. The molecule has 0 N–H and O–H groups in total. The smallest absolute Gasteiger partial charge is 0.271 e. The maximum atomic E-state index is 13.4. The van der Waals surface area contributed by atoms with Gasteiger partial charge in [-0.2, -0.15) is 0 Å². The topological polar surface area (TPSA) is 66.5 Å². The number of methoxy groups -OCH3 is 4. The summed E-state index contributed by atoms with van der Waals surface area (Å²) in [6.45, 7) is 0. The molecule has 0 aliphatic carbocycles. The highest BCUT2D eigenvalue weighted by molar-refractivity contribution is 9.10. The molecule has 0 spiro atoms. The van der Waals surface area contributed by atoms with Crippen molar-refractivity contribution in [2.24, 2.45) is 0 Å². The second-order valence-electron chi connectivity index (χ2n) is 7.28. The third kappa shape index (κ3) is 4.18. The Morgan fingerprint density at radius 3 is 1.97 bits per heavy atom. The summed E-state index contributed by atoms with van der Waals surface area (Å²) in [7, 11) is 6.23. The van der Waals surface area contributed by atoms with Gasteiger partial charge in [-0.15, -0.1) is 0 Å². The largest absolute Gasteiger partial charge is 0.496 e. The molecule has 1 aliphatic rings. The first-order chi connectivity index (χ1) is 16.0. The van der Waals surface area contributed by atoms with Crippen LogP contribution < -0.4 is 28.6 Å². The molecule has 0 bridgehead atoms. The average molecular weight is 514 g/mol. The van der Waals surface area contributed by atoms with Gasteiger partial charge in [0.05, 0.1) is 38.6 Å². The molecule has 7 nitrogen and oxygen atoms in total. The molecule has 0 unspecified atom stereocenters. The lowest BCUT2D eigenvalue weighted by molar-refractivity contribution is -0.135. The fourth-order valence-electron chi connectivity index (χ4n) is 3.91. The summed E-state index contributed by atoms with van der Waals surface area (Å²) < 4.78 is 28.7. The molecule has 172 valence electrons. The van der Waals surface area contributed by atoms with Crippen LogP contribution in [0.2, 0.25) is 0 Å². The van der Waals surface area contributed by atoms with Crippen molar-refractivity contribution in [1.29, 1.82) is 0 Å². The Balaban J connectivity index is 1.78. The summed E-state index contributed by atoms with van der Waals surface area (Å²) in [6.07, 6.45) is -0.702. The maximum absolute atomic E-state index is 13.4. The van der Waals surface area contributed by atoms with Crippen molar-refractivity contribution in [3.63, 3.8) is 0 Å². The molecule has 3 aromatic rings. The number of para-hydroxylation sites is 1. The Labute approximate surface area is 200 Å². The lowest BCUT2D eigenvalue weighted by Crippen LogP contribution is -2.61. The minimum absolute atomic E-state index is 0.176. The Kier molecular flexibility index (Phi) is 6.65. The molecule has 1 heterocycles. The fourth-order valence-corrected chi connectivity index (χ4v) is 4.47. The Hall–Kier alpha value is -3.39. The van der Waals surface area contributed by atoms with Gasteiger partial charge in [-0.3, -0.25) is 9.69 Å². The lowest BCUT2D eigenvalue weighted by Gasteiger charge is -2.46. The number of halogens is 1. The molecule has 33 heavy (non-hydrogen) atoms. The normalized spacial score (nSPS) is 17.2. The van der Waals surface area contributed by atoms with Gasteiger partial charge in [0.2, 0.25) is 11.9 Å². The molecule has 1 amide bonds. The number of carbonyl (C=O) groups excluding carboxylic acids is 1. The van der Waals surface area contributed by atoms with Crippen LogP contribution in [0.25, 0.3) is 0 Å². The van der Waals surface area contributed by atoms with Crippen LogP contribution in [-0.2, 0) is 4.79 Å². The van der Waals surface area contributed by atoms with E-state index in [4.69, 9.17) is 23.7 Å². The zero-order valence-electron chi connectivity index (χ0n) is 18.7. The Morgan fingerprint density at radius 1 is 0.788 bits per heavy atom. The van der Waals surface area contributed by atoms with Crippen molar-refractivity contribution in [1.82, 2.24) is 0 Å². The summed E-state index contributed by atoms with van der Waals surface area (Å²) in [4.78, 5) is 15.0. The van der Waals surface area contributed by atoms with Gasteiger partial charge in [0.25, 0.3) is 5.91 Å². The quantitative estimate of drug-likeness (QED) is 0.394. The number of benzene rings is 3. The standard InChI is InChI=1S/C25H24BrNO6/c1-29-19-11-10-15(12-18(19)26)22-24(33-17-8-6-5-7-9-17)25(28)27(22)16-13-20(30-2)23(32-4)21(14-16)31-3/h5-14,22,24H,1-4H3/t22-,24+/m1/s1. The van der Waals surface area contributed by atoms with Gasteiger partial charge >= 0.3 is 0 Å². The molecule has 3 aromatic carbocycles. The fraction of sp³-hybridized carbons (Fsp3) is 0.240. The molecule has 1 saturated heterocycles. The third-order valence-electron chi connectivity index (χ3n) is 5.50. The first kappa shape index (κ1) is 22.8. The highest BCUT2D eigenvalue weighted by atomic mass is 79.9. The first-order valence-corrected chi connectivity index (χ1v) is 11.0. The van der Waals surface area contributed by atoms with Crippen LogP contribution >= 0.6 is 15.9 Å². The van der Waals surface area contributed by atoms with Gasteiger partial charge in [-0.05, 0) is 45.8 Å². The number of rotatable bonds is 8. The van der Waals surface area contributed by atoms with Crippen LogP contribution in [0.15, 0.2) is 65.1 Å². The lowest BCUT2D eigenvalue weighted by atomic mass is 9.89. The average Bonchev–Trinajstić information content (AvgIpc) is 2.85. The van der Waals surface area contributed by atoms with Crippen molar-refractivity contribution in [3.05, 3.63) is 70.7 Å². The summed E-state index contributed by atoms with van der Waals surface area (Å²) in [5.41, 5.74) is 1.50. The van der Waals surface area contributed by atoms with Gasteiger partial charge in [0, 0.05) is 12.1 Å². The van der Waals surface area contributed by atoms with E-state index in [1.54, 1.807) is 38.4 Å². The number of hydrogen-bond donors (Lipinski definition) is 0. The monoisotopic (exact) mass is 513 g/mol.